The highest BCUT2D eigenvalue weighted by molar-refractivity contribution is 5.91. The first-order valence-corrected chi connectivity index (χ1v) is 9.89. The smallest absolute Gasteiger partial charge is 0.244 e. The highest BCUT2D eigenvalue weighted by Crippen LogP contribution is 2.30. The molecule has 0 aliphatic heterocycles. The van der Waals surface area contributed by atoms with E-state index in [1.54, 1.807) is 37.5 Å². The molecule has 0 radical (unpaired) electrons. The molecule has 1 aromatic heterocycles. The van der Waals surface area contributed by atoms with Crippen molar-refractivity contribution in [3.63, 3.8) is 0 Å². The number of nitrogens with one attached hydrogen (secondary N) is 1. The van der Waals surface area contributed by atoms with E-state index in [0.717, 1.165) is 28.1 Å². The fourth-order valence-corrected chi connectivity index (χ4v) is 2.98. The Kier molecular flexibility index (Phi) is 7.43. The fraction of sp³-hybridized carbons (Fsp3) is 0.250. The number of nitrogens with zero attached hydrogens (tertiary/aromatic N) is 1. The van der Waals surface area contributed by atoms with Gasteiger partial charge in [0.05, 0.1) is 18.4 Å². The predicted octanol–water partition coefficient (Wildman–Crippen LogP) is 4.39. The first-order chi connectivity index (χ1) is 15.0. The number of halogens is 1. The summed E-state index contributed by atoms with van der Waals surface area (Å²) in [5.41, 5.74) is 3.46. The second kappa shape index (κ2) is 10.4. The van der Waals surface area contributed by atoms with Crippen LogP contribution in [-0.2, 0) is 17.8 Å². The van der Waals surface area contributed by atoms with Gasteiger partial charge in [0.1, 0.15) is 18.2 Å². The molecule has 0 aliphatic carbocycles. The van der Waals surface area contributed by atoms with Crippen LogP contribution in [0.5, 0.6) is 11.5 Å². The van der Waals surface area contributed by atoms with Crippen LogP contribution in [0.4, 0.5) is 4.39 Å². The van der Waals surface area contributed by atoms with Crippen LogP contribution in [0.25, 0.3) is 6.08 Å². The van der Waals surface area contributed by atoms with Crippen LogP contribution in [0, 0.1) is 19.7 Å². The van der Waals surface area contributed by atoms with Crippen molar-refractivity contribution in [2.45, 2.75) is 26.9 Å². The van der Waals surface area contributed by atoms with E-state index >= 15 is 0 Å². The zero-order chi connectivity index (χ0) is 22.2. The van der Waals surface area contributed by atoms with Gasteiger partial charge in [-0.2, -0.15) is 0 Å². The van der Waals surface area contributed by atoms with Crippen molar-refractivity contribution in [2.75, 3.05) is 13.7 Å². The van der Waals surface area contributed by atoms with Gasteiger partial charge in [-0.25, -0.2) is 4.39 Å². The fourth-order valence-electron chi connectivity index (χ4n) is 2.98. The summed E-state index contributed by atoms with van der Waals surface area (Å²) in [6.45, 7) is 4.50. The minimum absolute atomic E-state index is 0.209. The lowest BCUT2D eigenvalue weighted by Gasteiger charge is -2.11. The molecule has 1 N–H and O–H groups in total. The molecule has 162 valence electrons. The number of ether oxygens (including phenoxy) is 2. The number of aryl methyl sites for hydroxylation is 2. The summed E-state index contributed by atoms with van der Waals surface area (Å²) in [6, 6.07) is 11.7. The molecule has 1 amide bonds. The topological polar surface area (TPSA) is 73.6 Å². The molecule has 0 aliphatic rings. The molecule has 0 saturated carbocycles. The van der Waals surface area contributed by atoms with Crippen molar-refractivity contribution in [3.05, 3.63) is 82.5 Å². The first kappa shape index (κ1) is 22.1. The number of methoxy groups -OCH3 is 1. The minimum Gasteiger partial charge on any atom is -0.493 e. The number of hydrogen-bond acceptors (Lipinski definition) is 5. The standard InChI is InChI=1S/C24H25FN2O4/c1-16-21(17(2)31-27-16)15-30-22-10-6-19(14-23(22)29-3)7-11-24(28)26-13-12-18-4-8-20(25)9-5-18/h4-11,14H,12-13,15H2,1-3H3,(H,26,28). The quantitative estimate of drug-likeness (QED) is 0.516. The van der Waals surface area contributed by atoms with Crippen molar-refractivity contribution in [2.24, 2.45) is 0 Å². The van der Waals surface area contributed by atoms with Crippen LogP contribution >= 0.6 is 0 Å². The summed E-state index contributed by atoms with van der Waals surface area (Å²) in [5, 5.41) is 6.73. The molecule has 0 bridgehead atoms. The maximum atomic E-state index is 12.9. The Hall–Kier alpha value is -3.61. The average molecular weight is 424 g/mol. The molecular weight excluding hydrogens is 399 g/mol. The highest BCUT2D eigenvalue weighted by Gasteiger charge is 2.12. The molecule has 3 rings (SSSR count). The summed E-state index contributed by atoms with van der Waals surface area (Å²) < 4.78 is 29.3. The van der Waals surface area contributed by atoms with Crippen LogP contribution in [0.1, 0.15) is 28.1 Å². The molecule has 1 heterocycles. The van der Waals surface area contributed by atoms with Crippen molar-refractivity contribution in [3.8, 4) is 11.5 Å². The molecule has 2 aromatic carbocycles. The third-order valence-corrected chi connectivity index (χ3v) is 4.79. The molecule has 31 heavy (non-hydrogen) atoms. The van der Waals surface area contributed by atoms with Gasteiger partial charge >= 0.3 is 0 Å². The van der Waals surface area contributed by atoms with Crippen molar-refractivity contribution < 1.29 is 23.2 Å². The van der Waals surface area contributed by atoms with Gasteiger partial charge in [-0.1, -0.05) is 23.4 Å². The molecule has 0 atom stereocenters. The van der Waals surface area contributed by atoms with E-state index in [4.69, 9.17) is 14.0 Å². The maximum absolute atomic E-state index is 12.9. The number of hydrogen-bond donors (Lipinski definition) is 1. The molecule has 0 saturated heterocycles. The van der Waals surface area contributed by atoms with Crippen LogP contribution in [-0.4, -0.2) is 24.7 Å². The average Bonchev–Trinajstić information content (AvgIpc) is 3.09. The van der Waals surface area contributed by atoms with Crippen LogP contribution in [0.2, 0.25) is 0 Å². The lowest BCUT2D eigenvalue weighted by atomic mass is 10.1. The Bertz CT molecular complexity index is 1040. The Morgan fingerprint density at radius 2 is 1.94 bits per heavy atom. The summed E-state index contributed by atoms with van der Waals surface area (Å²) in [7, 11) is 1.56. The molecule has 0 spiro atoms. The number of carbonyl (C=O) groups excluding carboxylic acids is 1. The zero-order valence-corrected chi connectivity index (χ0v) is 17.8. The van der Waals surface area contributed by atoms with E-state index in [0.29, 0.717) is 31.1 Å². The lowest BCUT2D eigenvalue weighted by Crippen LogP contribution is -2.23. The maximum Gasteiger partial charge on any atom is 0.244 e. The number of aromatic nitrogens is 1. The van der Waals surface area contributed by atoms with E-state index in [1.165, 1.54) is 18.2 Å². The number of amides is 1. The largest absolute Gasteiger partial charge is 0.493 e. The van der Waals surface area contributed by atoms with Crippen molar-refractivity contribution in [1.82, 2.24) is 10.5 Å². The molecule has 6 nitrogen and oxygen atoms in total. The highest BCUT2D eigenvalue weighted by atomic mass is 19.1. The van der Waals surface area contributed by atoms with Crippen molar-refractivity contribution >= 4 is 12.0 Å². The third-order valence-electron chi connectivity index (χ3n) is 4.79. The van der Waals surface area contributed by atoms with E-state index in [-0.39, 0.29) is 11.7 Å². The SMILES string of the molecule is COc1cc(C=CC(=O)NCCc2ccc(F)cc2)ccc1OCc1c(C)noc1C. The Morgan fingerprint density at radius 3 is 2.61 bits per heavy atom. The summed E-state index contributed by atoms with van der Waals surface area (Å²) >= 11 is 0. The molecule has 0 fully saturated rings. The molecule has 7 heteroatoms. The Labute approximate surface area is 180 Å². The van der Waals surface area contributed by atoms with Gasteiger partial charge in [0, 0.05) is 12.6 Å². The van der Waals surface area contributed by atoms with Gasteiger partial charge in [-0.05, 0) is 61.7 Å². The van der Waals surface area contributed by atoms with Gasteiger partial charge in [-0.15, -0.1) is 0 Å². The minimum atomic E-state index is -0.272. The van der Waals surface area contributed by atoms with E-state index in [1.807, 2.05) is 19.9 Å². The second-order valence-corrected chi connectivity index (χ2v) is 7.00. The van der Waals surface area contributed by atoms with Crippen molar-refractivity contribution in [1.29, 1.82) is 0 Å². The first-order valence-electron chi connectivity index (χ1n) is 9.89. The van der Waals surface area contributed by atoms with Gasteiger partial charge in [0.15, 0.2) is 11.5 Å². The molecule has 0 unspecified atom stereocenters. The number of benzene rings is 2. The summed E-state index contributed by atoms with van der Waals surface area (Å²) in [5.74, 6) is 1.39. The molecule has 3 aromatic rings. The van der Waals surface area contributed by atoms with E-state index < -0.39 is 0 Å². The monoisotopic (exact) mass is 424 g/mol. The van der Waals surface area contributed by atoms with Gasteiger partial charge < -0.3 is 19.3 Å². The normalized spacial score (nSPS) is 11.0. The lowest BCUT2D eigenvalue weighted by molar-refractivity contribution is -0.116. The predicted molar refractivity (Wildman–Crippen MR) is 115 cm³/mol. The Morgan fingerprint density at radius 1 is 1.16 bits per heavy atom. The second-order valence-electron chi connectivity index (χ2n) is 7.00. The van der Waals surface area contributed by atoms with E-state index in [9.17, 15) is 9.18 Å². The zero-order valence-electron chi connectivity index (χ0n) is 17.8. The van der Waals surface area contributed by atoms with E-state index in [2.05, 4.69) is 10.5 Å². The van der Waals surface area contributed by atoms with Crippen LogP contribution in [0.15, 0.2) is 53.1 Å². The Balaban J connectivity index is 1.54. The summed E-state index contributed by atoms with van der Waals surface area (Å²) in [4.78, 5) is 12.1. The summed E-state index contributed by atoms with van der Waals surface area (Å²) in [6.07, 6.45) is 3.79. The van der Waals surface area contributed by atoms with Gasteiger partial charge in [-0.3, -0.25) is 4.79 Å². The van der Waals surface area contributed by atoms with Crippen LogP contribution < -0.4 is 14.8 Å². The molecular formula is C24H25FN2O4. The van der Waals surface area contributed by atoms with Crippen LogP contribution in [0.3, 0.4) is 0 Å². The van der Waals surface area contributed by atoms with Gasteiger partial charge in [0.2, 0.25) is 5.91 Å². The third kappa shape index (κ3) is 6.18. The number of rotatable bonds is 9. The number of carbonyl (C=O) groups is 1. The van der Waals surface area contributed by atoms with Gasteiger partial charge in [0.25, 0.3) is 0 Å².